The summed E-state index contributed by atoms with van der Waals surface area (Å²) in [4.78, 5) is 14.2. The quantitative estimate of drug-likeness (QED) is 0.826. The van der Waals surface area contributed by atoms with Crippen molar-refractivity contribution in [2.45, 2.75) is 13.3 Å². The molecule has 0 aromatic heterocycles. The summed E-state index contributed by atoms with van der Waals surface area (Å²) >= 11 is 0. The van der Waals surface area contributed by atoms with Crippen molar-refractivity contribution in [3.63, 3.8) is 0 Å². The highest BCUT2D eigenvalue weighted by Crippen LogP contribution is 2.18. The fourth-order valence-corrected chi connectivity index (χ4v) is 2.26. The lowest BCUT2D eigenvalue weighted by Crippen LogP contribution is -2.35. The molecule has 1 aliphatic heterocycles. The molecule has 4 heteroatoms. The number of rotatable bonds is 4. The molecule has 0 radical (unpaired) electrons. The third-order valence-corrected chi connectivity index (χ3v) is 3.36. The Bertz CT molecular complexity index is 414. The van der Waals surface area contributed by atoms with E-state index in [0.717, 1.165) is 26.2 Å². The van der Waals surface area contributed by atoms with E-state index in [2.05, 4.69) is 0 Å². The normalized spacial score (nSPS) is 18.8. The summed E-state index contributed by atoms with van der Waals surface area (Å²) in [6.45, 7) is 5.01. The maximum absolute atomic E-state index is 12.4. The van der Waals surface area contributed by atoms with E-state index in [9.17, 15) is 4.79 Å². The van der Waals surface area contributed by atoms with Crippen LogP contribution in [0.2, 0.25) is 0 Å². The molecule has 1 aliphatic rings. The number of ether oxygens (including phenoxy) is 1. The summed E-state index contributed by atoms with van der Waals surface area (Å²) < 4.78 is 5.35. The van der Waals surface area contributed by atoms with Gasteiger partial charge < -0.3 is 15.4 Å². The van der Waals surface area contributed by atoms with Crippen LogP contribution in [-0.4, -0.2) is 37.1 Å². The van der Waals surface area contributed by atoms with E-state index < -0.39 is 0 Å². The van der Waals surface area contributed by atoms with Crippen LogP contribution in [0, 0.1) is 5.92 Å². The van der Waals surface area contributed by atoms with Crippen molar-refractivity contribution in [2.75, 3.05) is 32.0 Å². The minimum absolute atomic E-state index is 0.0162. The number of para-hydroxylation sites is 1. The van der Waals surface area contributed by atoms with E-state index in [-0.39, 0.29) is 5.91 Å². The van der Waals surface area contributed by atoms with Gasteiger partial charge in [-0.05, 0) is 25.5 Å². The lowest BCUT2D eigenvalue weighted by molar-refractivity contribution is 0.0732. The molecule has 0 bridgehead atoms. The van der Waals surface area contributed by atoms with Crippen LogP contribution in [0.1, 0.15) is 23.7 Å². The Morgan fingerprint density at radius 1 is 1.50 bits per heavy atom. The first kappa shape index (κ1) is 12.9. The second-order valence-corrected chi connectivity index (χ2v) is 4.66. The predicted octanol–water partition coefficient (Wildman–Crippen LogP) is 1.77. The summed E-state index contributed by atoms with van der Waals surface area (Å²) in [7, 11) is 0. The van der Waals surface area contributed by atoms with Gasteiger partial charge >= 0.3 is 0 Å². The molecular weight excluding hydrogens is 228 g/mol. The molecule has 0 spiro atoms. The smallest absolute Gasteiger partial charge is 0.255 e. The number of carbonyl (C=O) groups excluding carboxylic acids is 1. The zero-order chi connectivity index (χ0) is 13.0. The van der Waals surface area contributed by atoms with Crippen LogP contribution < -0.4 is 5.73 Å². The van der Waals surface area contributed by atoms with Gasteiger partial charge in [0.25, 0.3) is 5.91 Å². The SMILES string of the molecule is CCN(CC1CCOC1)C(=O)c1ccccc1N. The van der Waals surface area contributed by atoms with Crippen LogP contribution in [0.5, 0.6) is 0 Å². The van der Waals surface area contributed by atoms with E-state index in [1.54, 1.807) is 12.1 Å². The second-order valence-electron chi connectivity index (χ2n) is 4.66. The van der Waals surface area contributed by atoms with Crippen molar-refractivity contribution in [1.82, 2.24) is 4.90 Å². The van der Waals surface area contributed by atoms with Crippen molar-refractivity contribution in [3.8, 4) is 0 Å². The molecule has 0 aliphatic carbocycles. The minimum Gasteiger partial charge on any atom is -0.398 e. The zero-order valence-corrected chi connectivity index (χ0v) is 10.8. The molecule has 1 amide bonds. The Kier molecular flexibility index (Phi) is 4.20. The molecular formula is C14H20N2O2. The zero-order valence-electron chi connectivity index (χ0n) is 10.8. The number of hydrogen-bond acceptors (Lipinski definition) is 3. The van der Waals surface area contributed by atoms with Gasteiger partial charge in [-0.3, -0.25) is 4.79 Å². The lowest BCUT2D eigenvalue weighted by Gasteiger charge is -2.24. The molecule has 4 nitrogen and oxygen atoms in total. The molecule has 1 aromatic rings. The number of hydrogen-bond donors (Lipinski definition) is 1. The van der Waals surface area contributed by atoms with Gasteiger partial charge in [0, 0.05) is 31.3 Å². The number of amides is 1. The van der Waals surface area contributed by atoms with E-state index in [4.69, 9.17) is 10.5 Å². The Balaban J connectivity index is 2.07. The molecule has 18 heavy (non-hydrogen) atoms. The largest absolute Gasteiger partial charge is 0.398 e. The Hall–Kier alpha value is -1.55. The van der Waals surface area contributed by atoms with E-state index in [1.807, 2.05) is 24.0 Å². The van der Waals surface area contributed by atoms with Crippen molar-refractivity contribution < 1.29 is 9.53 Å². The maximum Gasteiger partial charge on any atom is 0.255 e. The molecule has 1 saturated heterocycles. The van der Waals surface area contributed by atoms with Crippen LogP contribution in [-0.2, 0) is 4.74 Å². The fourth-order valence-electron chi connectivity index (χ4n) is 2.26. The standard InChI is InChI=1S/C14H20N2O2/c1-2-16(9-11-7-8-18-10-11)14(17)12-5-3-4-6-13(12)15/h3-6,11H,2,7-10,15H2,1H3. The van der Waals surface area contributed by atoms with Crippen LogP contribution in [0.4, 0.5) is 5.69 Å². The van der Waals surface area contributed by atoms with Gasteiger partial charge in [0.1, 0.15) is 0 Å². The predicted molar refractivity (Wildman–Crippen MR) is 71.4 cm³/mol. The number of anilines is 1. The molecule has 1 aromatic carbocycles. The van der Waals surface area contributed by atoms with Crippen molar-refractivity contribution in [3.05, 3.63) is 29.8 Å². The van der Waals surface area contributed by atoms with Crippen LogP contribution in [0.25, 0.3) is 0 Å². The number of nitrogens with two attached hydrogens (primary N) is 1. The van der Waals surface area contributed by atoms with Gasteiger partial charge in [0.15, 0.2) is 0 Å². The Morgan fingerprint density at radius 2 is 2.28 bits per heavy atom. The minimum atomic E-state index is 0.0162. The Labute approximate surface area is 108 Å². The van der Waals surface area contributed by atoms with Crippen LogP contribution >= 0.6 is 0 Å². The van der Waals surface area contributed by atoms with E-state index in [1.165, 1.54) is 0 Å². The second kappa shape index (κ2) is 5.87. The molecule has 0 saturated carbocycles. The molecule has 1 atom stereocenters. The third kappa shape index (κ3) is 2.82. The van der Waals surface area contributed by atoms with Crippen LogP contribution in [0.3, 0.4) is 0 Å². The number of nitrogen functional groups attached to an aromatic ring is 1. The number of nitrogens with zero attached hydrogens (tertiary/aromatic N) is 1. The highest BCUT2D eigenvalue weighted by atomic mass is 16.5. The van der Waals surface area contributed by atoms with E-state index >= 15 is 0 Å². The topological polar surface area (TPSA) is 55.6 Å². The van der Waals surface area contributed by atoms with Gasteiger partial charge in [-0.2, -0.15) is 0 Å². The first-order valence-corrected chi connectivity index (χ1v) is 6.44. The first-order chi connectivity index (χ1) is 8.72. The van der Waals surface area contributed by atoms with Gasteiger partial charge in [-0.25, -0.2) is 0 Å². The van der Waals surface area contributed by atoms with E-state index in [0.29, 0.717) is 23.7 Å². The summed E-state index contributed by atoms with van der Waals surface area (Å²) in [6, 6.07) is 7.23. The summed E-state index contributed by atoms with van der Waals surface area (Å²) in [5, 5.41) is 0. The lowest BCUT2D eigenvalue weighted by atomic mass is 10.1. The molecule has 1 unspecified atom stereocenters. The Morgan fingerprint density at radius 3 is 2.89 bits per heavy atom. The average Bonchev–Trinajstić information content (AvgIpc) is 2.88. The fraction of sp³-hybridized carbons (Fsp3) is 0.500. The van der Waals surface area contributed by atoms with Crippen LogP contribution in [0.15, 0.2) is 24.3 Å². The molecule has 98 valence electrons. The van der Waals surface area contributed by atoms with Gasteiger partial charge in [-0.15, -0.1) is 0 Å². The van der Waals surface area contributed by atoms with Crippen molar-refractivity contribution >= 4 is 11.6 Å². The van der Waals surface area contributed by atoms with Crippen molar-refractivity contribution in [1.29, 1.82) is 0 Å². The number of carbonyl (C=O) groups is 1. The summed E-state index contributed by atoms with van der Waals surface area (Å²) in [6.07, 6.45) is 1.04. The van der Waals surface area contributed by atoms with Gasteiger partial charge in [-0.1, -0.05) is 12.1 Å². The van der Waals surface area contributed by atoms with Gasteiger partial charge in [0.2, 0.25) is 0 Å². The summed E-state index contributed by atoms with van der Waals surface area (Å²) in [5.74, 6) is 0.473. The highest BCUT2D eigenvalue weighted by Gasteiger charge is 2.23. The molecule has 2 N–H and O–H groups in total. The third-order valence-electron chi connectivity index (χ3n) is 3.36. The van der Waals surface area contributed by atoms with Crippen molar-refractivity contribution in [2.24, 2.45) is 5.92 Å². The first-order valence-electron chi connectivity index (χ1n) is 6.44. The molecule has 1 heterocycles. The molecule has 2 rings (SSSR count). The maximum atomic E-state index is 12.4. The monoisotopic (exact) mass is 248 g/mol. The average molecular weight is 248 g/mol. The van der Waals surface area contributed by atoms with Gasteiger partial charge in [0.05, 0.1) is 12.2 Å². The summed E-state index contributed by atoms with van der Waals surface area (Å²) in [5.41, 5.74) is 6.99. The number of benzene rings is 1. The highest BCUT2D eigenvalue weighted by molar-refractivity contribution is 5.99. The molecule has 1 fully saturated rings.